The van der Waals surface area contributed by atoms with Gasteiger partial charge in [-0.25, -0.2) is 0 Å². The van der Waals surface area contributed by atoms with Crippen LogP contribution in [0.2, 0.25) is 0 Å². The Morgan fingerprint density at radius 2 is 1.62 bits per heavy atom. The molecular formula is C27H26N4O3. The molecule has 172 valence electrons. The van der Waals surface area contributed by atoms with Crippen LogP contribution in [-0.4, -0.2) is 21.6 Å². The number of nitrogens with zero attached hydrogens (tertiary/aromatic N) is 2. The van der Waals surface area contributed by atoms with Gasteiger partial charge >= 0.3 is 0 Å². The van der Waals surface area contributed by atoms with Crippen molar-refractivity contribution in [3.05, 3.63) is 113 Å². The molecule has 0 aliphatic rings. The molecule has 0 fully saturated rings. The minimum absolute atomic E-state index is 0.223. The maximum atomic E-state index is 12.9. The Kier molecular flexibility index (Phi) is 6.73. The van der Waals surface area contributed by atoms with Gasteiger partial charge in [0.25, 0.3) is 5.91 Å². The van der Waals surface area contributed by atoms with E-state index in [2.05, 4.69) is 10.4 Å². The first-order valence-electron chi connectivity index (χ1n) is 10.9. The molecule has 0 unspecified atom stereocenters. The maximum Gasteiger partial charge on any atom is 0.255 e. The van der Waals surface area contributed by atoms with Gasteiger partial charge in [0.05, 0.1) is 23.6 Å². The van der Waals surface area contributed by atoms with Crippen molar-refractivity contribution >= 4 is 17.5 Å². The van der Waals surface area contributed by atoms with E-state index in [0.29, 0.717) is 35.7 Å². The number of hydrogen-bond donors (Lipinski definition) is 2. The van der Waals surface area contributed by atoms with Crippen molar-refractivity contribution in [2.45, 2.75) is 27.0 Å². The van der Waals surface area contributed by atoms with Gasteiger partial charge in [-0.2, -0.15) is 5.10 Å². The number of primary amides is 1. The fraction of sp³-hybridized carbons (Fsp3) is 0.148. The third-order valence-electron chi connectivity index (χ3n) is 5.59. The first-order valence-corrected chi connectivity index (χ1v) is 10.9. The SMILES string of the molecule is Cc1nn(Cc2ccccc2C(N)=O)c(C)c1NC(=O)c1ccc(COc2ccccc2)cc1. The van der Waals surface area contributed by atoms with E-state index < -0.39 is 5.91 Å². The van der Waals surface area contributed by atoms with Crippen LogP contribution in [0.3, 0.4) is 0 Å². The van der Waals surface area contributed by atoms with E-state index in [1.54, 1.807) is 28.9 Å². The van der Waals surface area contributed by atoms with E-state index >= 15 is 0 Å². The average Bonchev–Trinajstić information content (AvgIpc) is 3.11. The molecule has 0 aliphatic carbocycles. The lowest BCUT2D eigenvalue weighted by atomic mass is 10.1. The Balaban J connectivity index is 1.44. The summed E-state index contributed by atoms with van der Waals surface area (Å²) in [6.07, 6.45) is 0. The van der Waals surface area contributed by atoms with Crippen molar-refractivity contribution in [3.63, 3.8) is 0 Å². The number of benzene rings is 3. The molecule has 0 saturated heterocycles. The highest BCUT2D eigenvalue weighted by Crippen LogP contribution is 2.22. The lowest BCUT2D eigenvalue weighted by molar-refractivity contribution is 0.0996. The second-order valence-corrected chi connectivity index (χ2v) is 7.98. The summed E-state index contributed by atoms with van der Waals surface area (Å²) in [5, 5.41) is 7.52. The van der Waals surface area contributed by atoms with Crippen LogP contribution in [0.25, 0.3) is 0 Å². The van der Waals surface area contributed by atoms with E-state index in [1.165, 1.54) is 0 Å². The highest BCUT2D eigenvalue weighted by molar-refractivity contribution is 6.04. The Labute approximate surface area is 198 Å². The second kappa shape index (κ2) is 10.0. The number of nitrogens with one attached hydrogen (secondary N) is 1. The number of anilines is 1. The Bertz CT molecular complexity index is 1310. The lowest BCUT2D eigenvalue weighted by Crippen LogP contribution is -2.16. The molecule has 34 heavy (non-hydrogen) atoms. The molecule has 0 saturated carbocycles. The Hall–Kier alpha value is -4.39. The van der Waals surface area contributed by atoms with Gasteiger partial charge in [0, 0.05) is 11.1 Å². The molecule has 7 heteroatoms. The summed E-state index contributed by atoms with van der Waals surface area (Å²) in [6.45, 7) is 4.51. The van der Waals surface area contributed by atoms with Crippen molar-refractivity contribution in [1.82, 2.24) is 9.78 Å². The van der Waals surface area contributed by atoms with Gasteiger partial charge in [-0.15, -0.1) is 0 Å². The summed E-state index contributed by atoms with van der Waals surface area (Å²) in [4.78, 5) is 24.6. The molecule has 4 aromatic rings. The second-order valence-electron chi connectivity index (χ2n) is 7.98. The summed E-state index contributed by atoms with van der Waals surface area (Å²) in [5.41, 5.74) is 10.4. The minimum atomic E-state index is -0.483. The van der Waals surface area contributed by atoms with Gasteiger partial charge in [0.15, 0.2) is 0 Å². The first kappa shape index (κ1) is 22.8. The molecule has 0 aliphatic heterocycles. The van der Waals surface area contributed by atoms with Gasteiger partial charge < -0.3 is 15.8 Å². The maximum absolute atomic E-state index is 12.9. The minimum Gasteiger partial charge on any atom is -0.489 e. The lowest BCUT2D eigenvalue weighted by Gasteiger charge is -2.10. The molecule has 0 bridgehead atoms. The normalized spacial score (nSPS) is 10.6. The number of ether oxygens (including phenoxy) is 1. The van der Waals surface area contributed by atoms with Crippen molar-refractivity contribution in [1.29, 1.82) is 0 Å². The molecule has 3 aromatic carbocycles. The third-order valence-corrected chi connectivity index (χ3v) is 5.59. The van der Waals surface area contributed by atoms with Crippen molar-refractivity contribution in [2.75, 3.05) is 5.32 Å². The molecule has 7 nitrogen and oxygen atoms in total. The number of hydrogen-bond acceptors (Lipinski definition) is 4. The summed E-state index contributed by atoms with van der Waals surface area (Å²) in [5.74, 6) is 0.0906. The van der Waals surface area contributed by atoms with E-state index in [1.807, 2.05) is 68.4 Å². The number of aryl methyl sites for hydroxylation is 1. The molecule has 2 amide bonds. The summed E-state index contributed by atoms with van der Waals surface area (Å²) in [6, 6.07) is 24.1. The number of amides is 2. The van der Waals surface area contributed by atoms with E-state index in [0.717, 1.165) is 22.6 Å². The van der Waals surface area contributed by atoms with Gasteiger partial charge in [0.1, 0.15) is 12.4 Å². The largest absolute Gasteiger partial charge is 0.489 e. The van der Waals surface area contributed by atoms with Gasteiger partial charge in [-0.05, 0) is 55.3 Å². The molecule has 0 radical (unpaired) electrons. The molecule has 0 spiro atoms. The van der Waals surface area contributed by atoms with E-state index in [9.17, 15) is 9.59 Å². The number of nitrogens with two attached hydrogens (primary N) is 1. The highest BCUT2D eigenvalue weighted by atomic mass is 16.5. The van der Waals surface area contributed by atoms with Crippen molar-refractivity contribution in [2.24, 2.45) is 5.73 Å². The zero-order valence-corrected chi connectivity index (χ0v) is 19.1. The monoisotopic (exact) mass is 454 g/mol. The topological polar surface area (TPSA) is 99.2 Å². The zero-order chi connectivity index (χ0) is 24.1. The fourth-order valence-electron chi connectivity index (χ4n) is 3.71. The zero-order valence-electron chi connectivity index (χ0n) is 19.1. The van der Waals surface area contributed by atoms with Crippen LogP contribution in [-0.2, 0) is 13.2 Å². The van der Waals surface area contributed by atoms with Crippen LogP contribution in [0, 0.1) is 13.8 Å². The number of aromatic nitrogens is 2. The van der Waals surface area contributed by atoms with Crippen LogP contribution < -0.4 is 15.8 Å². The average molecular weight is 455 g/mol. The number of rotatable bonds is 8. The quantitative estimate of drug-likeness (QED) is 0.410. The van der Waals surface area contributed by atoms with Gasteiger partial charge in [-0.1, -0.05) is 48.5 Å². The van der Waals surface area contributed by atoms with Crippen LogP contribution in [0.4, 0.5) is 5.69 Å². The predicted molar refractivity (Wildman–Crippen MR) is 131 cm³/mol. The third kappa shape index (κ3) is 5.15. The van der Waals surface area contributed by atoms with Gasteiger partial charge in [0.2, 0.25) is 5.91 Å². The van der Waals surface area contributed by atoms with E-state index in [-0.39, 0.29) is 5.91 Å². The van der Waals surface area contributed by atoms with Crippen LogP contribution >= 0.6 is 0 Å². The summed E-state index contributed by atoms with van der Waals surface area (Å²) >= 11 is 0. The smallest absolute Gasteiger partial charge is 0.255 e. The number of carbonyl (C=O) groups is 2. The predicted octanol–water partition coefficient (Wildman–Crippen LogP) is 4.48. The van der Waals surface area contributed by atoms with Crippen molar-refractivity contribution < 1.29 is 14.3 Å². The molecule has 1 aromatic heterocycles. The molecular weight excluding hydrogens is 428 g/mol. The number of carbonyl (C=O) groups excluding carboxylic acids is 2. The summed E-state index contributed by atoms with van der Waals surface area (Å²) in [7, 11) is 0. The van der Waals surface area contributed by atoms with Gasteiger partial charge in [-0.3, -0.25) is 14.3 Å². The van der Waals surface area contributed by atoms with Crippen LogP contribution in [0.5, 0.6) is 5.75 Å². The Morgan fingerprint density at radius 1 is 0.941 bits per heavy atom. The standard InChI is InChI=1S/C27H26N4O3/c1-18-25(19(2)31(30-18)16-22-8-6-7-11-24(22)26(28)32)29-27(33)21-14-12-20(13-15-21)17-34-23-9-4-3-5-10-23/h3-15H,16-17H2,1-2H3,(H2,28,32)(H,29,33). The summed E-state index contributed by atoms with van der Waals surface area (Å²) < 4.78 is 7.51. The fourth-order valence-corrected chi connectivity index (χ4v) is 3.71. The van der Waals surface area contributed by atoms with Crippen LogP contribution in [0.1, 0.15) is 43.2 Å². The molecule has 0 atom stereocenters. The molecule has 3 N–H and O–H groups in total. The number of para-hydroxylation sites is 1. The van der Waals surface area contributed by atoms with Crippen molar-refractivity contribution in [3.8, 4) is 5.75 Å². The van der Waals surface area contributed by atoms with Crippen LogP contribution in [0.15, 0.2) is 78.9 Å². The molecule has 1 heterocycles. The highest BCUT2D eigenvalue weighted by Gasteiger charge is 2.17. The Morgan fingerprint density at radius 3 is 2.32 bits per heavy atom. The van der Waals surface area contributed by atoms with E-state index in [4.69, 9.17) is 10.5 Å². The molecule has 4 rings (SSSR count). The first-order chi connectivity index (χ1) is 16.4.